The van der Waals surface area contributed by atoms with E-state index in [0.717, 1.165) is 51.8 Å². The van der Waals surface area contributed by atoms with Crippen molar-refractivity contribution in [2.24, 2.45) is 16.8 Å². The third kappa shape index (κ3) is 6.53. The average molecular weight is 313 g/mol. The van der Waals surface area contributed by atoms with E-state index in [0.29, 0.717) is 17.9 Å². The van der Waals surface area contributed by atoms with Crippen molar-refractivity contribution < 1.29 is 9.47 Å². The smallest absolute Gasteiger partial charge is 0.193 e. The largest absolute Gasteiger partial charge is 0.381 e. The lowest BCUT2D eigenvalue weighted by Gasteiger charge is -2.24. The number of nitrogens with zero attached hydrogens (tertiary/aromatic N) is 2. The van der Waals surface area contributed by atoms with Gasteiger partial charge in [-0.1, -0.05) is 13.8 Å². The normalized spacial score (nSPS) is 20.7. The highest BCUT2D eigenvalue weighted by Gasteiger charge is 2.25. The van der Waals surface area contributed by atoms with Crippen molar-refractivity contribution in [1.82, 2.24) is 10.2 Å². The molecule has 5 heteroatoms. The van der Waals surface area contributed by atoms with Crippen LogP contribution in [-0.2, 0) is 9.47 Å². The fourth-order valence-corrected chi connectivity index (χ4v) is 2.93. The molecule has 1 N–H and O–H groups in total. The van der Waals surface area contributed by atoms with Crippen LogP contribution in [0.2, 0.25) is 0 Å². The zero-order valence-electron chi connectivity index (χ0n) is 15.1. The van der Waals surface area contributed by atoms with Crippen molar-refractivity contribution in [2.75, 3.05) is 46.5 Å². The molecule has 1 aliphatic heterocycles. The molecule has 0 aromatic rings. The molecule has 0 saturated carbocycles. The van der Waals surface area contributed by atoms with Gasteiger partial charge in [0.15, 0.2) is 5.96 Å². The quantitative estimate of drug-likeness (QED) is 0.524. The number of rotatable bonds is 9. The molecular weight excluding hydrogens is 278 g/mol. The first-order chi connectivity index (χ1) is 10.6. The standard InChI is InChI=1S/C17H35N3O2/c1-6-21-13-15-9-11-20(12-15)17(18-5)19-10-8-16(14(3)4)22-7-2/h14-16H,6-13H2,1-5H3,(H,18,19). The number of likely N-dealkylation sites (tertiary alicyclic amines) is 1. The van der Waals surface area contributed by atoms with Gasteiger partial charge in [-0.15, -0.1) is 0 Å². The molecule has 1 heterocycles. The minimum atomic E-state index is 0.319. The van der Waals surface area contributed by atoms with Crippen LogP contribution in [0, 0.1) is 11.8 Å². The first kappa shape index (κ1) is 19.2. The molecule has 2 unspecified atom stereocenters. The first-order valence-electron chi connectivity index (χ1n) is 8.77. The molecule has 1 fully saturated rings. The molecule has 5 nitrogen and oxygen atoms in total. The molecule has 130 valence electrons. The van der Waals surface area contributed by atoms with Gasteiger partial charge in [0.2, 0.25) is 0 Å². The second-order valence-corrected chi connectivity index (χ2v) is 6.26. The van der Waals surface area contributed by atoms with E-state index in [1.807, 2.05) is 7.05 Å². The van der Waals surface area contributed by atoms with Crippen molar-refractivity contribution in [3.05, 3.63) is 0 Å². The van der Waals surface area contributed by atoms with E-state index in [1.165, 1.54) is 6.42 Å². The molecule has 0 aromatic heterocycles. The summed E-state index contributed by atoms with van der Waals surface area (Å²) >= 11 is 0. The van der Waals surface area contributed by atoms with E-state index in [9.17, 15) is 0 Å². The Labute approximate surface area is 136 Å². The SMILES string of the molecule is CCOCC1CCN(C(=NC)NCCC(OCC)C(C)C)C1. The lowest BCUT2D eigenvalue weighted by Crippen LogP contribution is -2.41. The molecule has 0 bridgehead atoms. The van der Waals surface area contributed by atoms with E-state index in [1.54, 1.807) is 0 Å². The molecular formula is C17H35N3O2. The van der Waals surface area contributed by atoms with Gasteiger partial charge in [-0.3, -0.25) is 4.99 Å². The van der Waals surface area contributed by atoms with E-state index < -0.39 is 0 Å². The van der Waals surface area contributed by atoms with Crippen LogP contribution in [0.4, 0.5) is 0 Å². The Bertz CT molecular complexity index is 321. The Kier molecular flexibility index (Phi) is 9.48. The summed E-state index contributed by atoms with van der Waals surface area (Å²) in [5, 5.41) is 3.49. The van der Waals surface area contributed by atoms with Crippen LogP contribution in [0.3, 0.4) is 0 Å². The van der Waals surface area contributed by atoms with Crippen LogP contribution in [0.15, 0.2) is 4.99 Å². The summed E-state index contributed by atoms with van der Waals surface area (Å²) in [4.78, 5) is 6.76. The fraction of sp³-hybridized carbons (Fsp3) is 0.941. The monoisotopic (exact) mass is 313 g/mol. The second-order valence-electron chi connectivity index (χ2n) is 6.26. The highest BCUT2D eigenvalue weighted by molar-refractivity contribution is 5.80. The maximum Gasteiger partial charge on any atom is 0.193 e. The molecule has 0 aliphatic carbocycles. The van der Waals surface area contributed by atoms with Crippen LogP contribution in [0.25, 0.3) is 0 Å². The van der Waals surface area contributed by atoms with Crippen molar-refractivity contribution in [2.45, 2.75) is 46.6 Å². The van der Waals surface area contributed by atoms with Crippen molar-refractivity contribution in [1.29, 1.82) is 0 Å². The van der Waals surface area contributed by atoms with Crippen LogP contribution < -0.4 is 5.32 Å². The minimum absolute atomic E-state index is 0.319. The second kappa shape index (κ2) is 10.8. The van der Waals surface area contributed by atoms with E-state index in [4.69, 9.17) is 9.47 Å². The van der Waals surface area contributed by atoms with Gasteiger partial charge in [0.05, 0.1) is 12.7 Å². The van der Waals surface area contributed by atoms with Crippen LogP contribution >= 0.6 is 0 Å². The Morgan fingerprint density at radius 2 is 2.09 bits per heavy atom. The summed E-state index contributed by atoms with van der Waals surface area (Å²) in [6.45, 7) is 14.0. The maximum atomic E-state index is 5.80. The molecule has 22 heavy (non-hydrogen) atoms. The van der Waals surface area contributed by atoms with Crippen molar-refractivity contribution in [3.8, 4) is 0 Å². The fourth-order valence-electron chi connectivity index (χ4n) is 2.93. The first-order valence-corrected chi connectivity index (χ1v) is 8.77. The van der Waals surface area contributed by atoms with Crippen LogP contribution in [0.5, 0.6) is 0 Å². The van der Waals surface area contributed by atoms with Crippen LogP contribution in [-0.4, -0.2) is 63.5 Å². The molecule has 0 spiro atoms. The number of nitrogens with one attached hydrogen (secondary N) is 1. The predicted molar refractivity (Wildman–Crippen MR) is 92.4 cm³/mol. The third-order valence-corrected chi connectivity index (χ3v) is 4.19. The third-order valence-electron chi connectivity index (χ3n) is 4.19. The molecule has 0 aromatic carbocycles. The lowest BCUT2D eigenvalue weighted by atomic mass is 10.0. The zero-order valence-corrected chi connectivity index (χ0v) is 15.1. The molecule has 0 radical (unpaired) electrons. The summed E-state index contributed by atoms with van der Waals surface area (Å²) in [7, 11) is 1.86. The summed E-state index contributed by atoms with van der Waals surface area (Å²) in [6.07, 6.45) is 2.52. The Balaban J connectivity index is 2.34. The Hall–Kier alpha value is -0.810. The summed E-state index contributed by atoms with van der Waals surface area (Å²) in [5.74, 6) is 2.19. The van der Waals surface area contributed by atoms with Gasteiger partial charge in [0, 0.05) is 45.8 Å². The Morgan fingerprint density at radius 1 is 1.32 bits per heavy atom. The molecule has 1 rings (SSSR count). The number of guanidine groups is 1. The van der Waals surface area contributed by atoms with Gasteiger partial charge in [-0.25, -0.2) is 0 Å². The number of hydrogen-bond donors (Lipinski definition) is 1. The van der Waals surface area contributed by atoms with Crippen molar-refractivity contribution in [3.63, 3.8) is 0 Å². The van der Waals surface area contributed by atoms with E-state index >= 15 is 0 Å². The van der Waals surface area contributed by atoms with Gasteiger partial charge in [0.25, 0.3) is 0 Å². The van der Waals surface area contributed by atoms with E-state index in [2.05, 4.69) is 42.9 Å². The lowest BCUT2D eigenvalue weighted by molar-refractivity contribution is 0.0257. The Morgan fingerprint density at radius 3 is 2.68 bits per heavy atom. The molecule has 1 saturated heterocycles. The van der Waals surface area contributed by atoms with Gasteiger partial charge >= 0.3 is 0 Å². The highest BCUT2D eigenvalue weighted by atomic mass is 16.5. The van der Waals surface area contributed by atoms with E-state index in [-0.39, 0.29) is 0 Å². The van der Waals surface area contributed by atoms with Gasteiger partial charge in [-0.05, 0) is 32.6 Å². The molecule has 0 amide bonds. The van der Waals surface area contributed by atoms with Crippen molar-refractivity contribution >= 4 is 5.96 Å². The van der Waals surface area contributed by atoms with Gasteiger partial charge in [0.1, 0.15) is 0 Å². The summed E-state index contributed by atoms with van der Waals surface area (Å²) < 4.78 is 11.3. The topological polar surface area (TPSA) is 46.1 Å². The number of aliphatic imine (C=N–C) groups is 1. The van der Waals surface area contributed by atoms with Gasteiger partial charge in [-0.2, -0.15) is 0 Å². The number of ether oxygens (including phenoxy) is 2. The van der Waals surface area contributed by atoms with Crippen LogP contribution in [0.1, 0.15) is 40.5 Å². The highest BCUT2D eigenvalue weighted by Crippen LogP contribution is 2.16. The summed E-state index contributed by atoms with van der Waals surface area (Å²) in [5.41, 5.74) is 0. The minimum Gasteiger partial charge on any atom is -0.381 e. The number of hydrogen-bond acceptors (Lipinski definition) is 3. The predicted octanol–water partition coefficient (Wildman–Crippen LogP) is 2.37. The zero-order chi connectivity index (χ0) is 16.4. The molecule has 1 aliphatic rings. The maximum absolute atomic E-state index is 5.80. The molecule has 2 atom stereocenters. The van der Waals surface area contributed by atoms with Gasteiger partial charge < -0.3 is 19.7 Å². The average Bonchev–Trinajstić information content (AvgIpc) is 2.96. The summed E-state index contributed by atoms with van der Waals surface area (Å²) in [6, 6.07) is 0.